The maximum absolute atomic E-state index is 12.7. The summed E-state index contributed by atoms with van der Waals surface area (Å²) >= 11 is 0. The number of rotatable bonds is 7. The minimum atomic E-state index is -1.13. The second kappa shape index (κ2) is 6.72. The highest BCUT2D eigenvalue weighted by Gasteiger charge is 2.44. The predicted octanol–water partition coefficient (Wildman–Crippen LogP) is 0.991. The molecule has 0 aromatic heterocycles. The largest absolute Gasteiger partial charge is 0.480 e. The van der Waals surface area contributed by atoms with Crippen LogP contribution >= 0.6 is 0 Å². The molecule has 0 saturated heterocycles. The molecule has 1 aliphatic rings. The maximum atomic E-state index is 12.7. The van der Waals surface area contributed by atoms with Crippen molar-refractivity contribution >= 4 is 17.8 Å². The van der Waals surface area contributed by atoms with E-state index in [4.69, 9.17) is 10.8 Å². The summed E-state index contributed by atoms with van der Waals surface area (Å²) in [7, 11) is 0. The van der Waals surface area contributed by atoms with Gasteiger partial charge in [0.15, 0.2) is 0 Å². The third-order valence-electron chi connectivity index (χ3n) is 3.77. The van der Waals surface area contributed by atoms with Gasteiger partial charge in [0.2, 0.25) is 11.8 Å². The molecule has 1 fully saturated rings. The van der Waals surface area contributed by atoms with Crippen molar-refractivity contribution in [2.75, 3.05) is 13.1 Å². The van der Waals surface area contributed by atoms with Gasteiger partial charge in [-0.05, 0) is 25.2 Å². The van der Waals surface area contributed by atoms with Gasteiger partial charge in [-0.25, -0.2) is 0 Å². The zero-order chi connectivity index (χ0) is 15.3. The van der Waals surface area contributed by atoms with Crippen LogP contribution in [0.25, 0.3) is 0 Å². The van der Waals surface area contributed by atoms with Gasteiger partial charge in [0.05, 0.1) is 6.54 Å². The van der Waals surface area contributed by atoms with E-state index in [0.717, 1.165) is 37.0 Å². The van der Waals surface area contributed by atoms with Crippen LogP contribution in [0, 0.1) is 11.3 Å². The molecule has 20 heavy (non-hydrogen) atoms. The number of nitrogens with zero attached hydrogens (tertiary/aromatic N) is 1. The van der Waals surface area contributed by atoms with Gasteiger partial charge in [-0.2, -0.15) is 0 Å². The van der Waals surface area contributed by atoms with Gasteiger partial charge in [0, 0.05) is 5.41 Å². The highest BCUT2D eigenvalue weighted by Crippen LogP contribution is 2.44. The SMILES string of the molecule is CC(C)CC1(C(=O)N(CC(N)=O)CC(=O)O)CCCC1. The van der Waals surface area contributed by atoms with E-state index in [2.05, 4.69) is 0 Å². The predicted molar refractivity (Wildman–Crippen MR) is 73.8 cm³/mol. The molecule has 0 heterocycles. The second-order valence-electron chi connectivity index (χ2n) is 6.11. The molecule has 3 N–H and O–H groups in total. The Morgan fingerprint density at radius 1 is 1.20 bits per heavy atom. The summed E-state index contributed by atoms with van der Waals surface area (Å²) < 4.78 is 0. The molecular weight excluding hydrogens is 260 g/mol. The Bertz CT molecular complexity index is 371. The van der Waals surface area contributed by atoms with Gasteiger partial charge in [-0.15, -0.1) is 0 Å². The number of carbonyl (C=O) groups is 3. The fourth-order valence-electron chi connectivity index (χ4n) is 3.22. The van der Waals surface area contributed by atoms with E-state index < -0.39 is 23.8 Å². The van der Waals surface area contributed by atoms with Gasteiger partial charge < -0.3 is 15.7 Å². The lowest BCUT2D eigenvalue weighted by Gasteiger charge is -2.34. The van der Waals surface area contributed by atoms with E-state index in [-0.39, 0.29) is 12.5 Å². The molecule has 1 rings (SSSR count). The van der Waals surface area contributed by atoms with Crippen molar-refractivity contribution < 1.29 is 19.5 Å². The van der Waals surface area contributed by atoms with E-state index in [1.54, 1.807) is 0 Å². The quantitative estimate of drug-likeness (QED) is 0.728. The van der Waals surface area contributed by atoms with Crippen molar-refractivity contribution in [1.82, 2.24) is 4.90 Å². The third-order valence-corrected chi connectivity index (χ3v) is 3.77. The molecule has 0 atom stereocenters. The molecule has 1 aliphatic carbocycles. The van der Waals surface area contributed by atoms with Gasteiger partial charge >= 0.3 is 5.97 Å². The lowest BCUT2D eigenvalue weighted by Crippen LogP contribution is -2.48. The number of primary amides is 1. The van der Waals surface area contributed by atoms with Crippen LogP contribution < -0.4 is 5.73 Å². The Morgan fingerprint density at radius 2 is 1.75 bits per heavy atom. The first-order chi connectivity index (χ1) is 9.27. The monoisotopic (exact) mass is 284 g/mol. The molecule has 0 unspecified atom stereocenters. The zero-order valence-corrected chi connectivity index (χ0v) is 12.2. The lowest BCUT2D eigenvalue weighted by molar-refractivity contribution is -0.151. The molecule has 6 nitrogen and oxygen atoms in total. The number of carbonyl (C=O) groups excluding carboxylic acids is 2. The minimum Gasteiger partial charge on any atom is -0.480 e. The van der Waals surface area contributed by atoms with Crippen molar-refractivity contribution in [3.8, 4) is 0 Å². The molecule has 1 saturated carbocycles. The molecule has 0 radical (unpaired) electrons. The summed E-state index contributed by atoms with van der Waals surface area (Å²) in [5.74, 6) is -1.70. The van der Waals surface area contributed by atoms with Crippen molar-refractivity contribution in [3.05, 3.63) is 0 Å². The molecule has 0 aromatic carbocycles. The van der Waals surface area contributed by atoms with Crippen LogP contribution in [0.4, 0.5) is 0 Å². The average Bonchev–Trinajstić information content (AvgIpc) is 2.74. The van der Waals surface area contributed by atoms with Gasteiger partial charge in [-0.3, -0.25) is 14.4 Å². The molecule has 2 amide bonds. The Kier molecular flexibility index (Phi) is 5.53. The summed E-state index contributed by atoms with van der Waals surface area (Å²) in [6.07, 6.45) is 4.18. The standard InChI is InChI=1S/C14H24N2O4/c1-10(2)7-14(5-3-4-6-14)13(20)16(8-11(15)17)9-12(18)19/h10H,3-9H2,1-2H3,(H2,15,17)(H,18,19). The average molecular weight is 284 g/mol. The smallest absolute Gasteiger partial charge is 0.323 e. The first kappa shape index (κ1) is 16.5. The lowest BCUT2D eigenvalue weighted by atomic mass is 9.77. The molecule has 0 aromatic rings. The second-order valence-corrected chi connectivity index (χ2v) is 6.11. The third kappa shape index (κ3) is 4.21. The number of amides is 2. The number of hydrogen-bond donors (Lipinski definition) is 2. The Labute approximate surface area is 119 Å². The molecule has 0 bridgehead atoms. The van der Waals surface area contributed by atoms with E-state index in [1.807, 2.05) is 13.8 Å². The van der Waals surface area contributed by atoms with Gasteiger partial charge in [-0.1, -0.05) is 26.7 Å². The summed E-state index contributed by atoms with van der Waals surface area (Å²) in [6.45, 7) is 3.29. The van der Waals surface area contributed by atoms with E-state index in [1.165, 1.54) is 0 Å². The van der Waals surface area contributed by atoms with Crippen LogP contribution in [0.1, 0.15) is 46.0 Å². The number of aliphatic carboxylic acids is 1. The zero-order valence-electron chi connectivity index (χ0n) is 12.2. The van der Waals surface area contributed by atoms with Crippen LogP contribution in [0.15, 0.2) is 0 Å². The van der Waals surface area contributed by atoms with Gasteiger partial charge in [0.25, 0.3) is 0 Å². The van der Waals surface area contributed by atoms with Gasteiger partial charge in [0.1, 0.15) is 6.54 Å². The summed E-state index contributed by atoms with van der Waals surface area (Å²) in [5, 5.41) is 8.91. The number of carboxylic acids is 1. The summed E-state index contributed by atoms with van der Waals surface area (Å²) in [4.78, 5) is 35.8. The highest BCUT2D eigenvalue weighted by atomic mass is 16.4. The highest BCUT2D eigenvalue weighted by molar-refractivity contribution is 5.90. The Hall–Kier alpha value is -1.59. The van der Waals surface area contributed by atoms with E-state index in [9.17, 15) is 14.4 Å². The first-order valence-corrected chi connectivity index (χ1v) is 7.06. The van der Waals surface area contributed by atoms with Crippen LogP contribution in [0.2, 0.25) is 0 Å². The Morgan fingerprint density at radius 3 is 2.15 bits per heavy atom. The molecule has 114 valence electrons. The summed E-state index contributed by atoms with van der Waals surface area (Å²) in [5.41, 5.74) is 4.61. The van der Waals surface area contributed by atoms with Crippen LogP contribution in [0.3, 0.4) is 0 Å². The van der Waals surface area contributed by atoms with E-state index in [0.29, 0.717) is 5.92 Å². The molecular formula is C14H24N2O4. The van der Waals surface area contributed by atoms with Crippen molar-refractivity contribution in [3.63, 3.8) is 0 Å². The first-order valence-electron chi connectivity index (χ1n) is 7.06. The number of nitrogens with two attached hydrogens (primary N) is 1. The number of hydrogen-bond acceptors (Lipinski definition) is 3. The van der Waals surface area contributed by atoms with Crippen molar-refractivity contribution in [2.45, 2.75) is 46.0 Å². The molecule has 0 aliphatic heterocycles. The molecule has 0 spiro atoms. The maximum Gasteiger partial charge on any atom is 0.323 e. The minimum absolute atomic E-state index is 0.232. The summed E-state index contributed by atoms with van der Waals surface area (Å²) in [6, 6.07) is 0. The topological polar surface area (TPSA) is 101 Å². The Balaban J connectivity index is 2.93. The van der Waals surface area contributed by atoms with Crippen LogP contribution in [0.5, 0.6) is 0 Å². The van der Waals surface area contributed by atoms with Crippen LogP contribution in [-0.4, -0.2) is 40.9 Å². The fourth-order valence-corrected chi connectivity index (χ4v) is 3.22. The normalized spacial score (nSPS) is 17.1. The fraction of sp³-hybridized carbons (Fsp3) is 0.786. The van der Waals surface area contributed by atoms with E-state index >= 15 is 0 Å². The van der Waals surface area contributed by atoms with Crippen LogP contribution in [-0.2, 0) is 14.4 Å². The van der Waals surface area contributed by atoms with Crippen molar-refractivity contribution in [1.29, 1.82) is 0 Å². The number of carboxylic acid groups (broad SMARTS) is 1. The molecule has 6 heteroatoms. The van der Waals surface area contributed by atoms with Crippen molar-refractivity contribution in [2.24, 2.45) is 17.1 Å².